The van der Waals surface area contributed by atoms with Crippen molar-refractivity contribution in [3.8, 4) is 0 Å². The largest absolute Gasteiger partial charge is 0.445 e. The first kappa shape index (κ1) is 13.6. The van der Waals surface area contributed by atoms with Crippen LogP contribution >= 0.6 is 0 Å². The summed E-state index contributed by atoms with van der Waals surface area (Å²) < 4.78 is 5.34. The zero-order chi connectivity index (χ0) is 14.5. The Hall–Kier alpha value is -2.37. The summed E-state index contributed by atoms with van der Waals surface area (Å²) >= 11 is 0. The van der Waals surface area contributed by atoms with Gasteiger partial charge in [0, 0.05) is 13.1 Å². The van der Waals surface area contributed by atoms with E-state index in [0.29, 0.717) is 19.7 Å². The van der Waals surface area contributed by atoms with Gasteiger partial charge in [0.15, 0.2) is 0 Å². The Morgan fingerprint density at radius 1 is 1.14 bits per heavy atom. The van der Waals surface area contributed by atoms with Crippen LogP contribution in [-0.4, -0.2) is 39.1 Å². The maximum Gasteiger partial charge on any atom is 0.410 e. The minimum absolute atomic E-state index is 0.245. The topological polar surface area (TPSA) is 60.2 Å². The molecule has 6 nitrogen and oxygen atoms in total. The number of nitrogens with zero attached hydrogens (tertiary/aromatic N) is 4. The second-order valence-corrected chi connectivity index (χ2v) is 5.11. The summed E-state index contributed by atoms with van der Waals surface area (Å²) in [5.41, 5.74) is 1.00. The lowest BCUT2D eigenvalue weighted by Crippen LogP contribution is -2.39. The van der Waals surface area contributed by atoms with Crippen LogP contribution in [0.4, 0.5) is 4.79 Å². The van der Waals surface area contributed by atoms with E-state index in [0.717, 1.165) is 18.4 Å². The second kappa shape index (κ2) is 6.39. The second-order valence-electron chi connectivity index (χ2n) is 5.11. The first-order chi connectivity index (χ1) is 10.3. The van der Waals surface area contributed by atoms with Crippen LogP contribution in [-0.2, 0) is 11.3 Å². The lowest BCUT2D eigenvalue weighted by Gasteiger charge is -2.30. The minimum atomic E-state index is -0.245. The van der Waals surface area contributed by atoms with Gasteiger partial charge in [0.2, 0.25) is 0 Å². The standard InChI is InChI=1S/C15H18N4O2/c20-15(21-12-13-4-2-1-3-5-13)18-10-6-14(7-11-18)19-16-8-9-17-19/h1-5,8-9,14H,6-7,10-12H2. The molecule has 1 aromatic heterocycles. The van der Waals surface area contributed by atoms with Crippen molar-refractivity contribution in [2.75, 3.05) is 13.1 Å². The molecule has 0 atom stereocenters. The van der Waals surface area contributed by atoms with Gasteiger partial charge in [-0.25, -0.2) is 4.79 Å². The molecule has 21 heavy (non-hydrogen) atoms. The highest BCUT2D eigenvalue weighted by Crippen LogP contribution is 2.21. The Kier molecular flexibility index (Phi) is 4.14. The number of aromatic nitrogens is 3. The third-order valence-corrected chi connectivity index (χ3v) is 3.69. The van der Waals surface area contributed by atoms with Gasteiger partial charge in [-0.2, -0.15) is 15.0 Å². The molecule has 0 bridgehead atoms. The predicted octanol–water partition coefficient (Wildman–Crippen LogP) is 2.25. The quantitative estimate of drug-likeness (QED) is 0.868. The molecule has 1 aliphatic heterocycles. The van der Waals surface area contributed by atoms with Gasteiger partial charge in [0.1, 0.15) is 6.61 Å². The fourth-order valence-corrected chi connectivity index (χ4v) is 2.50. The maximum absolute atomic E-state index is 12.0. The smallest absolute Gasteiger partial charge is 0.410 e. The summed E-state index contributed by atoms with van der Waals surface area (Å²) in [7, 11) is 0. The SMILES string of the molecule is O=C(OCc1ccccc1)N1CCC(n2nccn2)CC1. The molecule has 0 unspecified atom stereocenters. The van der Waals surface area contributed by atoms with Gasteiger partial charge < -0.3 is 9.64 Å². The van der Waals surface area contributed by atoms with E-state index in [9.17, 15) is 4.79 Å². The number of hydrogen-bond donors (Lipinski definition) is 0. The van der Waals surface area contributed by atoms with E-state index in [2.05, 4.69) is 10.2 Å². The van der Waals surface area contributed by atoms with E-state index >= 15 is 0 Å². The van der Waals surface area contributed by atoms with Gasteiger partial charge in [-0.1, -0.05) is 30.3 Å². The highest BCUT2D eigenvalue weighted by atomic mass is 16.6. The van der Waals surface area contributed by atoms with E-state index in [-0.39, 0.29) is 12.1 Å². The molecule has 0 N–H and O–H groups in total. The Bertz CT molecular complexity index is 563. The monoisotopic (exact) mass is 286 g/mol. The molecular weight excluding hydrogens is 268 g/mol. The molecule has 0 aliphatic carbocycles. The van der Waals surface area contributed by atoms with Gasteiger partial charge >= 0.3 is 6.09 Å². The van der Waals surface area contributed by atoms with Crippen LogP contribution in [0.5, 0.6) is 0 Å². The van der Waals surface area contributed by atoms with Crippen LogP contribution < -0.4 is 0 Å². The molecule has 1 saturated heterocycles. The van der Waals surface area contributed by atoms with Gasteiger partial charge in [-0.3, -0.25) is 0 Å². The normalized spacial score (nSPS) is 15.9. The zero-order valence-corrected chi connectivity index (χ0v) is 11.8. The molecule has 110 valence electrons. The van der Waals surface area contributed by atoms with Crippen molar-refractivity contribution < 1.29 is 9.53 Å². The molecule has 0 spiro atoms. The van der Waals surface area contributed by atoms with Crippen LogP contribution in [0, 0.1) is 0 Å². The Morgan fingerprint density at radius 3 is 2.48 bits per heavy atom. The van der Waals surface area contributed by atoms with Gasteiger partial charge in [-0.05, 0) is 18.4 Å². The van der Waals surface area contributed by atoms with Crippen molar-refractivity contribution in [1.29, 1.82) is 0 Å². The van der Waals surface area contributed by atoms with E-state index in [1.54, 1.807) is 22.1 Å². The molecule has 1 aliphatic rings. The van der Waals surface area contributed by atoms with E-state index in [1.807, 2.05) is 30.3 Å². The molecule has 6 heteroatoms. The molecule has 2 aromatic rings. The summed E-state index contributed by atoms with van der Waals surface area (Å²) in [6.07, 6.45) is 4.83. The molecule has 1 amide bonds. The third kappa shape index (κ3) is 3.39. The summed E-state index contributed by atoms with van der Waals surface area (Å²) in [6, 6.07) is 9.99. The number of hydrogen-bond acceptors (Lipinski definition) is 4. The summed E-state index contributed by atoms with van der Waals surface area (Å²) in [6.45, 7) is 1.68. The Balaban J connectivity index is 1.47. The number of carbonyl (C=O) groups excluding carboxylic acids is 1. The minimum Gasteiger partial charge on any atom is -0.445 e. The number of benzene rings is 1. The van der Waals surface area contributed by atoms with Crippen molar-refractivity contribution in [2.45, 2.75) is 25.5 Å². The van der Waals surface area contributed by atoms with Crippen molar-refractivity contribution in [3.63, 3.8) is 0 Å². The number of piperidine rings is 1. The molecule has 2 heterocycles. The van der Waals surface area contributed by atoms with Gasteiger partial charge in [0.05, 0.1) is 18.4 Å². The summed E-state index contributed by atoms with van der Waals surface area (Å²) in [5.74, 6) is 0. The lowest BCUT2D eigenvalue weighted by molar-refractivity contribution is 0.0808. The van der Waals surface area contributed by atoms with Crippen LogP contribution in [0.2, 0.25) is 0 Å². The average molecular weight is 286 g/mol. The van der Waals surface area contributed by atoms with Crippen LogP contribution in [0.1, 0.15) is 24.4 Å². The number of amides is 1. The van der Waals surface area contributed by atoms with Gasteiger partial charge in [0.25, 0.3) is 0 Å². The predicted molar refractivity (Wildman–Crippen MR) is 76.5 cm³/mol. The first-order valence-electron chi connectivity index (χ1n) is 7.14. The van der Waals surface area contributed by atoms with Gasteiger partial charge in [-0.15, -0.1) is 0 Å². The lowest BCUT2D eigenvalue weighted by atomic mass is 10.1. The summed E-state index contributed by atoms with van der Waals surface area (Å²) in [4.78, 5) is 15.5. The highest BCUT2D eigenvalue weighted by molar-refractivity contribution is 5.67. The third-order valence-electron chi connectivity index (χ3n) is 3.69. The van der Waals surface area contributed by atoms with Crippen molar-refractivity contribution in [1.82, 2.24) is 19.9 Å². The van der Waals surface area contributed by atoms with Crippen LogP contribution in [0.15, 0.2) is 42.7 Å². The fourth-order valence-electron chi connectivity index (χ4n) is 2.50. The van der Waals surface area contributed by atoms with E-state index < -0.39 is 0 Å². The van der Waals surface area contributed by atoms with Crippen molar-refractivity contribution >= 4 is 6.09 Å². The van der Waals surface area contributed by atoms with Crippen molar-refractivity contribution in [3.05, 3.63) is 48.3 Å². The highest BCUT2D eigenvalue weighted by Gasteiger charge is 2.25. The fraction of sp³-hybridized carbons (Fsp3) is 0.400. The molecular formula is C15H18N4O2. The van der Waals surface area contributed by atoms with Crippen LogP contribution in [0.25, 0.3) is 0 Å². The first-order valence-corrected chi connectivity index (χ1v) is 7.14. The number of carbonyl (C=O) groups is 1. The van der Waals surface area contributed by atoms with E-state index in [1.165, 1.54) is 0 Å². The van der Waals surface area contributed by atoms with Crippen molar-refractivity contribution in [2.24, 2.45) is 0 Å². The Morgan fingerprint density at radius 2 is 1.81 bits per heavy atom. The summed E-state index contributed by atoms with van der Waals surface area (Å²) in [5, 5.41) is 8.31. The molecule has 1 fully saturated rings. The zero-order valence-electron chi connectivity index (χ0n) is 11.8. The average Bonchev–Trinajstić information content (AvgIpc) is 3.08. The number of rotatable bonds is 3. The Labute approximate surface area is 123 Å². The number of likely N-dealkylation sites (tertiary alicyclic amines) is 1. The maximum atomic E-state index is 12.0. The van der Waals surface area contributed by atoms with E-state index in [4.69, 9.17) is 4.74 Å². The van der Waals surface area contributed by atoms with Crippen LogP contribution in [0.3, 0.4) is 0 Å². The number of ether oxygens (including phenoxy) is 1. The molecule has 1 aromatic carbocycles. The molecule has 0 radical (unpaired) electrons. The molecule has 0 saturated carbocycles. The molecule has 3 rings (SSSR count).